The van der Waals surface area contributed by atoms with E-state index in [-0.39, 0.29) is 11.8 Å². The topological polar surface area (TPSA) is 80.2 Å². The maximum absolute atomic E-state index is 12.1. The van der Waals surface area contributed by atoms with Crippen LogP contribution >= 0.6 is 0 Å². The highest BCUT2D eigenvalue weighted by Gasteiger charge is 2.29. The van der Waals surface area contributed by atoms with Crippen LogP contribution in [-0.2, 0) is 9.53 Å². The molecule has 2 aliphatic rings. The Labute approximate surface area is 194 Å². The van der Waals surface area contributed by atoms with Gasteiger partial charge in [0.2, 0.25) is 5.91 Å². The summed E-state index contributed by atoms with van der Waals surface area (Å²) in [4.78, 5) is 27.7. The van der Waals surface area contributed by atoms with Crippen molar-refractivity contribution in [3.05, 3.63) is 53.7 Å². The Morgan fingerprint density at radius 1 is 1.03 bits per heavy atom. The van der Waals surface area contributed by atoms with Crippen molar-refractivity contribution in [1.82, 2.24) is 15.0 Å². The second-order valence-corrected chi connectivity index (χ2v) is 7.89. The molecule has 0 atom stereocenters. The molecule has 2 fully saturated rings. The normalized spacial score (nSPS) is 15.2. The summed E-state index contributed by atoms with van der Waals surface area (Å²) in [6.45, 7) is 9.18. The molecule has 3 aromatic heterocycles. The first kappa shape index (κ1) is 22.7. The highest BCUT2D eigenvalue weighted by Crippen LogP contribution is 2.30. The number of hydrogen-bond donors (Lipinski definition) is 1. The SMILES string of the molecule is CC.Cc1ncc(C#Cc2ccc(N3CCOCC3)cn2)c2cc(NC(=O)C3CC3)ncc12. The lowest BCUT2D eigenvalue weighted by Gasteiger charge is -2.28. The van der Waals surface area contributed by atoms with Crippen molar-refractivity contribution < 1.29 is 9.53 Å². The molecule has 0 bridgehead atoms. The van der Waals surface area contributed by atoms with Crippen LogP contribution in [0.25, 0.3) is 10.8 Å². The number of ether oxygens (including phenoxy) is 1. The monoisotopic (exact) mass is 443 g/mol. The Kier molecular flexibility index (Phi) is 7.16. The van der Waals surface area contributed by atoms with Gasteiger partial charge in [0.1, 0.15) is 11.5 Å². The van der Waals surface area contributed by atoms with Gasteiger partial charge in [0.25, 0.3) is 0 Å². The Morgan fingerprint density at radius 2 is 1.82 bits per heavy atom. The molecule has 7 nitrogen and oxygen atoms in total. The van der Waals surface area contributed by atoms with Gasteiger partial charge < -0.3 is 15.0 Å². The average Bonchev–Trinajstić information content (AvgIpc) is 3.72. The van der Waals surface area contributed by atoms with Gasteiger partial charge in [0.05, 0.1) is 30.7 Å². The van der Waals surface area contributed by atoms with E-state index in [1.165, 1.54) is 0 Å². The molecule has 1 aliphatic heterocycles. The Morgan fingerprint density at radius 3 is 2.52 bits per heavy atom. The summed E-state index contributed by atoms with van der Waals surface area (Å²) < 4.78 is 5.40. The van der Waals surface area contributed by atoms with Crippen LogP contribution in [0.3, 0.4) is 0 Å². The number of carbonyl (C=O) groups is 1. The van der Waals surface area contributed by atoms with E-state index in [0.29, 0.717) is 11.5 Å². The number of rotatable bonds is 3. The van der Waals surface area contributed by atoms with E-state index in [9.17, 15) is 4.79 Å². The third kappa shape index (κ3) is 5.47. The van der Waals surface area contributed by atoms with E-state index in [1.54, 1.807) is 12.4 Å². The number of hydrogen-bond acceptors (Lipinski definition) is 6. The van der Waals surface area contributed by atoms with Crippen molar-refractivity contribution in [3.8, 4) is 11.8 Å². The summed E-state index contributed by atoms with van der Waals surface area (Å²) >= 11 is 0. The first-order valence-corrected chi connectivity index (χ1v) is 11.5. The van der Waals surface area contributed by atoms with Gasteiger partial charge in [-0.2, -0.15) is 0 Å². The van der Waals surface area contributed by atoms with Crippen LogP contribution in [0, 0.1) is 24.7 Å². The van der Waals surface area contributed by atoms with Crippen LogP contribution in [-0.4, -0.2) is 47.2 Å². The van der Waals surface area contributed by atoms with Gasteiger partial charge in [-0.25, -0.2) is 9.97 Å². The van der Waals surface area contributed by atoms with E-state index in [2.05, 4.69) is 37.0 Å². The van der Waals surface area contributed by atoms with Gasteiger partial charge in [-0.15, -0.1) is 0 Å². The van der Waals surface area contributed by atoms with Gasteiger partial charge in [0, 0.05) is 47.9 Å². The van der Waals surface area contributed by atoms with Crippen LogP contribution in [0.5, 0.6) is 0 Å². The van der Waals surface area contributed by atoms with Crippen LogP contribution < -0.4 is 10.2 Å². The molecule has 0 spiro atoms. The summed E-state index contributed by atoms with van der Waals surface area (Å²) in [5.41, 5.74) is 3.44. The molecule has 170 valence electrons. The predicted molar refractivity (Wildman–Crippen MR) is 130 cm³/mol. The zero-order valence-corrected chi connectivity index (χ0v) is 19.4. The molecular formula is C26H29N5O2. The molecule has 0 aromatic carbocycles. The van der Waals surface area contributed by atoms with Crippen LogP contribution in [0.2, 0.25) is 0 Å². The first-order valence-electron chi connectivity index (χ1n) is 11.5. The predicted octanol–water partition coefficient (Wildman–Crippen LogP) is 3.94. The van der Waals surface area contributed by atoms with Gasteiger partial charge >= 0.3 is 0 Å². The number of nitrogens with zero attached hydrogens (tertiary/aromatic N) is 4. The highest BCUT2D eigenvalue weighted by molar-refractivity contribution is 5.96. The quantitative estimate of drug-likeness (QED) is 0.618. The number of morpholine rings is 1. The number of carbonyl (C=O) groups excluding carboxylic acids is 1. The largest absolute Gasteiger partial charge is 0.378 e. The molecule has 0 unspecified atom stereocenters. The molecule has 33 heavy (non-hydrogen) atoms. The van der Waals surface area contributed by atoms with E-state index < -0.39 is 0 Å². The number of amides is 1. The van der Waals surface area contributed by atoms with Crippen molar-refractivity contribution >= 4 is 28.2 Å². The highest BCUT2D eigenvalue weighted by atomic mass is 16.5. The number of nitrogens with one attached hydrogen (secondary N) is 1. The second-order valence-electron chi connectivity index (χ2n) is 7.89. The molecule has 4 heterocycles. The molecule has 7 heteroatoms. The maximum Gasteiger partial charge on any atom is 0.228 e. The molecule has 1 amide bonds. The molecule has 1 N–H and O–H groups in total. The molecule has 0 radical (unpaired) electrons. The average molecular weight is 444 g/mol. The summed E-state index contributed by atoms with van der Waals surface area (Å²) in [6.07, 6.45) is 7.28. The van der Waals surface area contributed by atoms with Crippen molar-refractivity contribution in [1.29, 1.82) is 0 Å². The number of aromatic nitrogens is 3. The summed E-state index contributed by atoms with van der Waals surface area (Å²) in [5, 5.41) is 4.75. The second kappa shape index (κ2) is 10.4. The lowest BCUT2D eigenvalue weighted by atomic mass is 10.1. The Balaban J connectivity index is 0.00000126. The van der Waals surface area contributed by atoms with Gasteiger partial charge in [-0.3, -0.25) is 9.78 Å². The molecule has 1 saturated carbocycles. The van der Waals surface area contributed by atoms with Crippen molar-refractivity contribution in [2.45, 2.75) is 33.6 Å². The third-order valence-corrected chi connectivity index (χ3v) is 5.62. The number of fused-ring (bicyclic) bond motifs is 1. The third-order valence-electron chi connectivity index (χ3n) is 5.62. The molecule has 3 aromatic rings. The fraction of sp³-hybridized carbons (Fsp3) is 0.385. The zero-order chi connectivity index (χ0) is 23.2. The van der Waals surface area contributed by atoms with Crippen molar-refractivity contribution in [3.63, 3.8) is 0 Å². The minimum absolute atomic E-state index is 0.0369. The Bertz CT molecular complexity index is 1190. The molecule has 1 saturated heterocycles. The first-order chi connectivity index (χ1) is 16.2. The number of anilines is 2. The lowest BCUT2D eigenvalue weighted by molar-refractivity contribution is -0.117. The van der Waals surface area contributed by atoms with Gasteiger partial charge in [0.15, 0.2) is 0 Å². The van der Waals surface area contributed by atoms with Crippen molar-refractivity contribution in [2.75, 3.05) is 36.5 Å². The summed E-state index contributed by atoms with van der Waals surface area (Å²) in [7, 11) is 0. The van der Waals surface area contributed by atoms with E-state index in [4.69, 9.17) is 4.74 Å². The standard InChI is InChI=1S/C24H23N5O2.C2H6/c1-16-22-15-27-23(28-24(30)17-2-3-17)12-21(22)18(13-25-16)4-5-19-6-7-20(14-26-19)29-8-10-31-11-9-29;1-2/h6-7,12-15,17H,2-3,8-11H2,1H3,(H,27,28,30);1-2H3. The molecular weight excluding hydrogens is 414 g/mol. The van der Waals surface area contributed by atoms with Crippen molar-refractivity contribution in [2.24, 2.45) is 5.92 Å². The van der Waals surface area contributed by atoms with Gasteiger partial charge in [-0.1, -0.05) is 19.8 Å². The maximum atomic E-state index is 12.1. The minimum Gasteiger partial charge on any atom is -0.378 e. The summed E-state index contributed by atoms with van der Waals surface area (Å²) in [5.74, 6) is 7.05. The zero-order valence-electron chi connectivity index (χ0n) is 19.4. The fourth-order valence-electron chi connectivity index (χ4n) is 3.61. The smallest absolute Gasteiger partial charge is 0.228 e. The Hall–Kier alpha value is -3.50. The van der Waals surface area contributed by atoms with E-state index in [0.717, 1.165) is 66.9 Å². The van der Waals surface area contributed by atoms with Crippen LogP contribution in [0.1, 0.15) is 43.6 Å². The number of pyridine rings is 3. The van der Waals surface area contributed by atoms with E-state index in [1.807, 2.05) is 45.2 Å². The summed E-state index contributed by atoms with van der Waals surface area (Å²) in [6, 6.07) is 5.86. The molecule has 1 aliphatic carbocycles. The fourth-order valence-corrected chi connectivity index (χ4v) is 3.61. The lowest BCUT2D eigenvalue weighted by Crippen LogP contribution is -2.36. The van der Waals surface area contributed by atoms with Crippen LogP contribution in [0.4, 0.5) is 11.5 Å². The van der Waals surface area contributed by atoms with Gasteiger partial charge in [-0.05, 0) is 43.9 Å². The minimum atomic E-state index is 0.0369. The van der Waals surface area contributed by atoms with E-state index >= 15 is 0 Å². The van der Waals surface area contributed by atoms with Crippen LogP contribution in [0.15, 0.2) is 36.8 Å². The number of aryl methyl sites for hydroxylation is 1. The molecule has 5 rings (SSSR count).